The zero-order valence-electron chi connectivity index (χ0n) is 10.4. The molecular formula is C12H11ClN2O4S. The predicted molar refractivity (Wildman–Crippen MR) is 72.5 cm³/mol. The predicted octanol–water partition coefficient (Wildman–Crippen LogP) is 1.75. The Kier molecular flexibility index (Phi) is 3.82. The summed E-state index contributed by atoms with van der Waals surface area (Å²) in [5.74, 6) is -1.70. The first-order chi connectivity index (χ1) is 9.33. The molecule has 0 unspecified atom stereocenters. The van der Waals surface area contributed by atoms with E-state index in [4.69, 9.17) is 16.7 Å². The highest BCUT2D eigenvalue weighted by molar-refractivity contribution is 7.90. The van der Waals surface area contributed by atoms with Gasteiger partial charge in [-0.1, -0.05) is 23.7 Å². The molecule has 0 fully saturated rings. The standard InChI is InChI=1S/C12H11ClN2O4S/c1-15-10(8(6-14-15)12(16)17)7-20(18,19)11-5-3-2-4-9(11)13/h2-6H,7H2,1H3,(H,16,17). The lowest BCUT2D eigenvalue weighted by atomic mass is 10.3. The summed E-state index contributed by atoms with van der Waals surface area (Å²) in [5, 5.41) is 12.9. The molecule has 0 bridgehead atoms. The van der Waals surface area contributed by atoms with E-state index in [0.717, 1.165) is 6.20 Å². The smallest absolute Gasteiger partial charge is 0.339 e. The minimum absolute atomic E-state index is 0.0285. The van der Waals surface area contributed by atoms with Crippen molar-refractivity contribution in [2.24, 2.45) is 7.05 Å². The lowest BCUT2D eigenvalue weighted by Gasteiger charge is -2.07. The van der Waals surface area contributed by atoms with Gasteiger partial charge in [0, 0.05) is 7.05 Å². The van der Waals surface area contributed by atoms with Gasteiger partial charge in [0.15, 0.2) is 9.84 Å². The van der Waals surface area contributed by atoms with Crippen LogP contribution in [0.1, 0.15) is 16.1 Å². The number of nitrogens with zero attached hydrogens (tertiary/aromatic N) is 2. The molecule has 1 aromatic carbocycles. The number of aromatic nitrogens is 2. The zero-order valence-corrected chi connectivity index (χ0v) is 12.0. The van der Waals surface area contributed by atoms with Crippen molar-refractivity contribution in [3.8, 4) is 0 Å². The Bertz CT molecular complexity index is 768. The van der Waals surface area contributed by atoms with Crippen molar-refractivity contribution in [2.45, 2.75) is 10.6 Å². The normalized spacial score (nSPS) is 11.5. The third-order valence-corrected chi connectivity index (χ3v) is 4.91. The maximum Gasteiger partial charge on any atom is 0.339 e. The molecule has 8 heteroatoms. The number of carboxylic acids is 1. The molecule has 1 aromatic heterocycles. The molecule has 20 heavy (non-hydrogen) atoms. The van der Waals surface area contributed by atoms with E-state index in [2.05, 4.69) is 5.10 Å². The van der Waals surface area contributed by atoms with E-state index in [1.807, 2.05) is 0 Å². The average molecular weight is 315 g/mol. The van der Waals surface area contributed by atoms with E-state index >= 15 is 0 Å². The van der Waals surface area contributed by atoms with E-state index in [9.17, 15) is 13.2 Å². The number of carboxylic acid groups (broad SMARTS) is 1. The van der Waals surface area contributed by atoms with Crippen molar-refractivity contribution < 1.29 is 18.3 Å². The molecule has 0 spiro atoms. The van der Waals surface area contributed by atoms with Crippen LogP contribution >= 0.6 is 11.6 Å². The zero-order chi connectivity index (χ0) is 14.9. The molecule has 0 atom stereocenters. The lowest BCUT2D eigenvalue weighted by Crippen LogP contribution is -2.12. The van der Waals surface area contributed by atoms with Crippen molar-refractivity contribution in [1.82, 2.24) is 9.78 Å². The second kappa shape index (κ2) is 5.26. The second-order valence-electron chi connectivity index (χ2n) is 4.12. The van der Waals surface area contributed by atoms with Gasteiger partial charge in [-0.2, -0.15) is 5.10 Å². The maximum absolute atomic E-state index is 12.3. The van der Waals surface area contributed by atoms with Gasteiger partial charge < -0.3 is 5.11 Å². The van der Waals surface area contributed by atoms with E-state index in [1.165, 1.54) is 23.9 Å². The Balaban J connectivity index is 2.47. The monoisotopic (exact) mass is 314 g/mol. The molecule has 0 aliphatic rings. The van der Waals surface area contributed by atoms with E-state index < -0.39 is 21.6 Å². The number of sulfone groups is 1. The lowest BCUT2D eigenvalue weighted by molar-refractivity contribution is 0.0696. The van der Waals surface area contributed by atoms with Crippen LogP contribution < -0.4 is 0 Å². The molecule has 2 rings (SSSR count). The first-order valence-corrected chi connectivity index (χ1v) is 7.57. The summed E-state index contributed by atoms with van der Waals surface area (Å²) in [6.07, 6.45) is 1.12. The SMILES string of the molecule is Cn1ncc(C(=O)O)c1CS(=O)(=O)c1ccccc1Cl. The highest BCUT2D eigenvalue weighted by atomic mass is 35.5. The van der Waals surface area contributed by atoms with Gasteiger partial charge in [0.05, 0.1) is 27.6 Å². The van der Waals surface area contributed by atoms with Gasteiger partial charge >= 0.3 is 5.97 Å². The fourth-order valence-corrected chi connectivity index (χ4v) is 3.76. The summed E-state index contributed by atoms with van der Waals surface area (Å²) in [7, 11) is -2.26. The van der Waals surface area contributed by atoms with Crippen LogP contribution in [0.4, 0.5) is 0 Å². The quantitative estimate of drug-likeness (QED) is 0.928. The number of carbonyl (C=O) groups is 1. The Morgan fingerprint density at radius 3 is 2.65 bits per heavy atom. The van der Waals surface area contributed by atoms with Crippen molar-refractivity contribution in [1.29, 1.82) is 0 Å². The summed E-state index contributed by atoms with van der Waals surface area (Å²) in [6, 6.07) is 6.03. The largest absolute Gasteiger partial charge is 0.478 e. The van der Waals surface area contributed by atoms with Gasteiger partial charge in [-0.25, -0.2) is 13.2 Å². The molecule has 1 N–H and O–H groups in total. The highest BCUT2D eigenvalue weighted by Crippen LogP contribution is 2.25. The first-order valence-electron chi connectivity index (χ1n) is 5.54. The van der Waals surface area contributed by atoms with E-state index in [-0.39, 0.29) is 21.2 Å². The van der Waals surface area contributed by atoms with Crippen LogP contribution in [0.15, 0.2) is 35.4 Å². The minimum atomic E-state index is -3.75. The summed E-state index contributed by atoms with van der Waals surface area (Å²) in [6.45, 7) is 0. The third kappa shape index (κ3) is 2.68. The number of halogens is 1. The molecule has 0 aliphatic heterocycles. The van der Waals surface area contributed by atoms with Gasteiger partial charge in [-0.3, -0.25) is 4.68 Å². The summed E-state index contributed by atoms with van der Waals surface area (Å²) in [5.41, 5.74) is -0.0273. The Morgan fingerprint density at radius 1 is 1.40 bits per heavy atom. The summed E-state index contributed by atoms with van der Waals surface area (Å²) < 4.78 is 25.9. The maximum atomic E-state index is 12.3. The second-order valence-corrected chi connectivity index (χ2v) is 6.49. The molecule has 0 radical (unpaired) electrons. The molecule has 6 nitrogen and oxygen atoms in total. The van der Waals surface area contributed by atoms with Crippen LogP contribution in [-0.2, 0) is 22.6 Å². The van der Waals surface area contributed by atoms with Crippen molar-refractivity contribution in [3.05, 3.63) is 46.7 Å². The van der Waals surface area contributed by atoms with Crippen molar-refractivity contribution in [3.63, 3.8) is 0 Å². The molecular weight excluding hydrogens is 304 g/mol. The van der Waals surface area contributed by atoms with Gasteiger partial charge in [0.1, 0.15) is 5.56 Å². The molecule has 0 aliphatic carbocycles. The topological polar surface area (TPSA) is 89.3 Å². The van der Waals surface area contributed by atoms with Crippen LogP contribution in [0, 0.1) is 0 Å². The molecule has 0 amide bonds. The van der Waals surface area contributed by atoms with Crippen molar-refractivity contribution in [2.75, 3.05) is 0 Å². The first kappa shape index (κ1) is 14.5. The van der Waals surface area contributed by atoms with Crippen LogP contribution in [0.5, 0.6) is 0 Å². The fraction of sp³-hybridized carbons (Fsp3) is 0.167. The molecule has 106 valence electrons. The Morgan fingerprint density at radius 2 is 2.05 bits per heavy atom. The number of rotatable bonds is 4. The number of aryl methyl sites for hydroxylation is 1. The summed E-state index contributed by atoms with van der Waals surface area (Å²) >= 11 is 5.87. The third-order valence-electron chi connectivity index (χ3n) is 2.79. The highest BCUT2D eigenvalue weighted by Gasteiger charge is 2.24. The van der Waals surface area contributed by atoms with E-state index in [1.54, 1.807) is 12.1 Å². The molecule has 0 saturated heterocycles. The van der Waals surface area contributed by atoms with Crippen LogP contribution in [0.25, 0.3) is 0 Å². The minimum Gasteiger partial charge on any atom is -0.478 e. The van der Waals surface area contributed by atoms with Gasteiger partial charge in [-0.15, -0.1) is 0 Å². The molecule has 2 aromatic rings. The fourth-order valence-electron chi connectivity index (χ4n) is 1.77. The number of hydrogen-bond donors (Lipinski definition) is 1. The van der Waals surface area contributed by atoms with Crippen LogP contribution in [-0.4, -0.2) is 29.3 Å². The van der Waals surface area contributed by atoms with Gasteiger partial charge in [0.2, 0.25) is 0 Å². The number of benzene rings is 1. The van der Waals surface area contributed by atoms with Crippen LogP contribution in [0.3, 0.4) is 0 Å². The summed E-state index contributed by atoms with van der Waals surface area (Å²) in [4.78, 5) is 11.0. The van der Waals surface area contributed by atoms with Gasteiger partial charge in [0.25, 0.3) is 0 Å². The number of hydrogen-bond acceptors (Lipinski definition) is 4. The van der Waals surface area contributed by atoms with Crippen molar-refractivity contribution >= 4 is 27.4 Å². The molecule has 1 heterocycles. The van der Waals surface area contributed by atoms with Gasteiger partial charge in [-0.05, 0) is 12.1 Å². The average Bonchev–Trinajstić information content (AvgIpc) is 2.71. The molecule has 0 saturated carbocycles. The van der Waals surface area contributed by atoms with E-state index in [0.29, 0.717) is 0 Å². The Hall–Kier alpha value is -1.86. The Labute approximate surface area is 120 Å². The van der Waals surface area contributed by atoms with Crippen LogP contribution in [0.2, 0.25) is 5.02 Å². The number of aromatic carboxylic acids is 1.